The van der Waals surface area contributed by atoms with Crippen LogP contribution < -0.4 is 16.0 Å². The van der Waals surface area contributed by atoms with Gasteiger partial charge in [0.1, 0.15) is 6.04 Å². The Morgan fingerprint density at radius 3 is 2.08 bits per heavy atom. The maximum atomic E-state index is 12.1. The summed E-state index contributed by atoms with van der Waals surface area (Å²) in [4.78, 5) is 47.6. The fourth-order valence-corrected chi connectivity index (χ4v) is 4.24. The summed E-state index contributed by atoms with van der Waals surface area (Å²) in [6.07, 6.45) is 10.7. The Morgan fingerprint density at radius 2 is 1.45 bits per heavy atom. The lowest BCUT2D eigenvalue weighted by atomic mass is 10.1. The molecule has 3 amide bonds. The Hall–Kier alpha value is -3.33. The lowest BCUT2D eigenvalue weighted by Crippen LogP contribution is -2.48. The van der Waals surface area contributed by atoms with Gasteiger partial charge in [0, 0.05) is 17.1 Å². The van der Waals surface area contributed by atoms with Crippen molar-refractivity contribution < 1.29 is 24.3 Å². The van der Waals surface area contributed by atoms with Crippen molar-refractivity contribution in [3.8, 4) is 0 Å². The highest BCUT2D eigenvalue weighted by Crippen LogP contribution is 2.13. The van der Waals surface area contributed by atoms with Gasteiger partial charge in [-0.15, -0.1) is 0 Å². The molecule has 9 heteroatoms. The monoisotopic (exact) mass is 543 g/mol. The number of aliphatic carboxylic acids is 1. The molecular weight excluding hydrogens is 502 g/mol. The van der Waals surface area contributed by atoms with Gasteiger partial charge in [-0.1, -0.05) is 53.1 Å². The van der Waals surface area contributed by atoms with Gasteiger partial charge in [0.2, 0.25) is 11.8 Å². The van der Waals surface area contributed by atoms with Crippen molar-refractivity contribution in [1.29, 1.82) is 0 Å². The van der Waals surface area contributed by atoms with Crippen LogP contribution >= 0.6 is 11.8 Å². The minimum Gasteiger partial charge on any atom is -0.480 e. The van der Waals surface area contributed by atoms with Gasteiger partial charge in [-0.3, -0.25) is 14.4 Å². The average Bonchev–Trinajstić information content (AvgIpc) is 2.87. The SMILES string of the molecule is CC(C)=CCCC(C)=CCCC(C)=CCSC[C@H](NC(=O)CNC(=O)CNC(=O)c1ccccc1)C(=O)O. The number of carboxylic acids is 1. The molecule has 0 heterocycles. The highest BCUT2D eigenvalue weighted by atomic mass is 32.2. The number of allylic oxidation sites excluding steroid dienone is 5. The Morgan fingerprint density at radius 1 is 0.842 bits per heavy atom. The molecule has 0 radical (unpaired) electrons. The van der Waals surface area contributed by atoms with Crippen LogP contribution in [0.15, 0.2) is 65.3 Å². The summed E-state index contributed by atoms with van der Waals surface area (Å²) in [6, 6.07) is 7.37. The quantitative estimate of drug-likeness (QED) is 0.172. The molecule has 0 saturated carbocycles. The van der Waals surface area contributed by atoms with Gasteiger partial charge in [-0.2, -0.15) is 11.8 Å². The van der Waals surface area contributed by atoms with Crippen molar-refractivity contribution in [3.63, 3.8) is 0 Å². The van der Waals surface area contributed by atoms with Crippen LogP contribution in [0.2, 0.25) is 0 Å². The number of carbonyl (C=O) groups is 4. The molecule has 8 nitrogen and oxygen atoms in total. The van der Waals surface area contributed by atoms with Gasteiger partial charge >= 0.3 is 5.97 Å². The first-order valence-corrected chi connectivity index (χ1v) is 13.9. The minimum atomic E-state index is -1.14. The van der Waals surface area contributed by atoms with Crippen molar-refractivity contribution in [2.45, 2.75) is 59.4 Å². The molecule has 4 N–H and O–H groups in total. The van der Waals surface area contributed by atoms with E-state index in [0.717, 1.165) is 25.7 Å². The number of hydrogen-bond donors (Lipinski definition) is 4. The van der Waals surface area contributed by atoms with Crippen LogP contribution in [0, 0.1) is 0 Å². The normalized spacial score (nSPS) is 12.3. The Labute approximate surface area is 230 Å². The second-order valence-corrected chi connectivity index (χ2v) is 10.4. The van der Waals surface area contributed by atoms with E-state index in [1.54, 1.807) is 30.3 Å². The number of benzene rings is 1. The standard InChI is InChI=1S/C29H41N3O5S/c1-21(2)10-8-11-22(3)12-9-13-23(4)16-17-38-20-25(29(36)37)32-27(34)19-30-26(33)18-31-28(35)24-14-6-5-7-15-24/h5-7,10,12,14-16,25H,8-9,11,13,17-20H2,1-4H3,(H,30,33)(H,31,35)(H,32,34)(H,36,37)/t25-/m0/s1. The third-order valence-electron chi connectivity index (χ3n) is 5.48. The average molecular weight is 544 g/mol. The van der Waals surface area contributed by atoms with Crippen molar-refractivity contribution in [2.24, 2.45) is 0 Å². The summed E-state index contributed by atoms with van der Waals surface area (Å²) in [5.41, 5.74) is 4.39. The molecule has 0 aliphatic rings. The lowest BCUT2D eigenvalue weighted by Gasteiger charge is -2.14. The molecule has 1 aromatic carbocycles. The Balaban J connectivity index is 2.30. The molecule has 38 heavy (non-hydrogen) atoms. The van der Waals surface area contributed by atoms with Crippen molar-refractivity contribution in [3.05, 3.63) is 70.8 Å². The highest BCUT2D eigenvalue weighted by molar-refractivity contribution is 7.99. The first-order chi connectivity index (χ1) is 18.1. The summed E-state index contributed by atoms with van der Waals surface area (Å²) in [7, 11) is 0. The minimum absolute atomic E-state index is 0.204. The van der Waals surface area contributed by atoms with E-state index in [9.17, 15) is 24.3 Å². The predicted octanol–water partition coefficient (Wildman–Crippen LogP) is 4.25. The van der Waals surface area contributed by atoms with Gasteiger partial charge < -0.3 is 21.1 Å². The van der Waals surface area contributed by atoms with Gasteiger partial charge in [0.05, 0.1) is 13.1 Å². The largest absolute Gasteiger partial charge is 0.480 e. The summed E-state index contributed by atoms with van der Waals surface area (Å²) < 4.78 is 0. The number of thioether (sulfide) groups is 1. The van der Waals surface area contributed by atoms with Crippen LogP contribution in [0.5, 0.6) is 0 Å². The maximum absolute atomic E-state index is 12.1. The van der Waals surface area contributed by atoms with E-state index in [0.29, 0.717) is 11.3 Å². The van der Waals surface area contributed by atoms with E-state index in [4.69, 9.17) is 0 Å². The molecule has 0 unspecified atom stereocenters. The number of carboxylic acid groups (broad SMARTS) is 1. The summed E-state index contributed by atoms with van der Waals surface area (Å²) in [5, 5.41) is 16.7. The summed E-state index contributed by atoms with van der Waals surface area (Å²) in [6.45, 7) is 7.76. The van der Waals surface area contributed by atoms with Gasteiger partial charge in [-0.05, 0) is 65.5 Å². The third-order valence-corrected chi connectivity index (χ3v) is 6.45. The summed E-state index contributed by atoms with van der Waals surface area (Å²) >= 11 is 1.42. The molecule has 0 aliphatic heterocycles. The first-order valence-electron chi connectivity index (χ1n) is 12.7. The molecule has 1 atom stereocenters. The van der Waals surface area contributed by atoms with Crippen LogP contribution in [0.25, 0.3) is 0 Å². The van der Waals surface area contributed by atoms with Gasteiger partial charge in [-0.25, -0.2) is 4.79 Å². The number of carbonyl (C=O) groups excluding carboxylic acids is 3. The van der Waals surface area contributed by atoms with Crippen LogP contribution in [-0.2, 0) is 14.4 Å². The van der Waals surface area contributed by atoms with E-state index in [-0.39, 0.29) is 18.8 Å². The van der Waals surface area contributed by atoms with Crippen LogP contribution in [-0.4, -0.2) is 59.4 Å². The molecule has 0 spiro atoms. The molecule has 1 aromatic rings. The van der Waals surface area contributed by atoms with Gasteiger partial charge in [0.25, 0.3) is 5.91 Å². The van der Waals surface area contributed by atoms with E-state index in [2.05, 4.69) is 61.9 Å². The molecule has 0 bridgehead atoms. The molecule has 0 fully saturated rings. The second-order valence-electron chi connectivity index (χ2n) is 9.28. The highest BCUT2D eigenvalue weighted by Gasteiger charge is 2.20. The number of hydrogen-bond acceptors (Lipinski definition) is 5. The van der Waals surface area contributed by atoms with E-state index in [1.807, 2.05) is 0 Å². The molecule has 208 valence electrons. The molecule has 1 rings (SSSR count). The zero-order valence-electron chi connectivity index (χ0n) is 22.8. The van der Waals surface area contributed by atoms with Crippen LogP contribution in [0.4, 0.5) is 0 Å². The fourth-order valence-electron chi connectivity index (χ4n) is 3.24. The summed E-state index contributed by atoms with van der Waals surface area (Å²) in [5.74, 6) is -1.86. The zero-order chi connectivity index (χ0) is 28.3. The Bertz CT molecular complexity index is 1010. The molecule has 0 aromatic heterocycles. The number of amides is 3. The Kier molecular flexibility index (Phi) is 16.2. The molecular formula is C29H41N3O5S. The van der Waals surface area contributed by atoms with E-state index in [1.165, 1.54) is 28.5 Å². The topological polar surface area (TPSA) is 125 Å². The lowest BCUT2D eigenvalue weighted by molar-refractivity contribution is -0.141. The third kappa shape index (κ3) is 15.7. The van der Waals surface area contributed by atoms with Crippen LogP contribution in [0.1, 0.15) is 63.7 Å². The second kappa shape index (κ2) is 18.8. The van der Waals surface area contributed by atoms with E-state index < -0.39 is 29.7 Å². The number of nitrogens with one attached hydrogen (secondary N) is 3. The van der Waals surface area contributed by atoms with E-state index >= 15 is 0 Å². The fraction of sp³-hybridized carbons (Fsp3) is 0.448. The van der Waals surface area contributed by atoms with Crippen molar-refractivity contribution in [1.82, 2.24) is 16.0 Å². The molecule has 0 aliphatic carbocycles. The number of rotatable bonds is 17. The maximum Gasteiger partial charge on any atom is 0.327 e. The smallest absolute Gasteiger partial charge is 0.327 e. The first kappa shape index (κ1) is 32.7. The van der Waals surface area contributed by atoms with Crippen LogP contribution in [0.3, 0.4) is 0 Å². The van der Waals surface area contributed by atoms with Crippen molar-refractivity contribution >= 4 is 35.5 Å². The zero-order valence-corrected chi connectivity index (χ0v) is 23.7. The predicted molar refractivity (Wildman–Crippen MR) is 154 cm³/mol. The van der Waals surface area contributed by atoms with Gasteiger partial charge in [0.15, 0.2) is 0 Å². The molecule has 0 saturated heterocycles. The van der Waals surface area contributed by atoms with Crippen molar-refractivity contribution in [2.75, 3.05) is 24.6 Å².